The van der Waals surface area contributed by atoms with Gasteiger partial charge in [-0.25, -0.2) is 15.1 Å². The zero-order chi connectivity index (χ0) is 23.4. The standard InChI is InChI=1S/C25H28N2O6/c1-2-7-21(23(28)27-33-22(24(29)30)15-12-13-15)26-25(31)32-14-20-18-10-5-3-8-16(18)17-9-4-6-11-19(17)20/h3-6,8-11,15,20-22H,2,7,12-14H2,1H3,(H,26,31)(H,27,28)(H,29,30)/t21-,22?/m1/s1. The second kappa shape index (κ2) is 10.0. The molecule has 0 heterocycles. The summed E-state index contributed by atoms with van der Waals surface area (Å²) in [6, 6.07) is 15.2. The number of carbonyl (C=O) groups is 3. The van der Waals surface area contributed by atoms with Gasteiger partial charge in [0.15, 0.2) is 6.10 Å². The van der Waals surface area contributed by atoms with Gasteiger partial charge in [-0.3, -0.25) is 9.63 Å². The number of carboxylic acids is 1. The van der Waals surface area contributed by atoms with Gasteiger partial charge in [0.1, 0.15) is 12.6 Å². The predicted molar refractivity (Wildman–Crippen MR) is 120 cm³/mol. The van der Waals surface area contributed by atoms with E-state index in [9.17, 15) is 19.5 Å². The SMILES string of the molecule is CCC[C@@H](NC(=O)OCC1c2ccccc2-c2ccccc21)C(=O)NOC(C(=O)O)C1CC1. The van der Waals surface area contributed by atoms with Gasteiger partial charge in [-0.15, -0.1) is 0 Å². The number of rotatable bonds is 10. The van der Waals surface area contributed by atoms with Crippen LogP contribution in [0.3, 0.4) is 0 Å². The van der Waals surface area contributed by atoms with Crippen LogP contribution in [0, 0.1) is 5.92 Å². The summed E-state index contributed by atoms with van der Waals surface area (Å²) in [7, 11) is 0. The van der Waals surface area contributed by atoms with Crippen LogP contribution in [0.25, 0.3) is 11.1 Å². The highest BCUT2D eigenvalue weighted by atomic mass is 16.7. The molecule has 2 aromatic carbocycles. The van der Waals surface area contributed by atoms with Crippen LogP contribution < -0.4 is 10.8 Å². The van der Waals surface area contributed by atoms with E-state index >= 15 is 0 Å². The second-order valence-corrected chi connectivity index (χ2v) is 8.49. The molecule has 0 bridgehead atoms. The van der Waals surface area contributed by atoms with Crippen molar-refractivity contribution in [2.75, 3.05) is 6.61 Å². The Balaban J connectivity index is 1.35. The Kier molecular flexibility index (Phi) is 6.93. The number of hydrogen-bond donors (Lipinski definition) is 3. The first-order valence-electron chi connectivity index (χ1n) is 11.3. The van der Waals surface area contributed by atoms with E-state index < -0.39 is 30.1 Å². The summed E-state index contributed by atoms with van der Waals surface area (Å²) in [6.07, 6.45) is 0.716. The largest absolute Gasteiger partial charge is 0.479 e. The van der Waals surface area contributed by atoms with Gasteiger partial charge in [0, 0.05) is 5.92 Å². The van der Waals surface area contributed by atoms with Crippen molar-refractivity contribution in [3.63, 3.8) is 0 Å². The Labute approximate surface area is 192 Å². The number of aliphatic carboxylic acids is 1. The number of benzene rings is 2. The van der Waals surface area contributed by atoms with E-state index in [1.54, 1.807) is 0 Å². The number of carboxylic acid groups (broad SMARTS) is 1. The molecule has 2 amide bonds. The minimum absolute atomic E-state index is 0.0835. The summed E-state index contributed by atoms with van der Waals surface area (Å²) in [6.45, 7) is 2.02. The van der Waals surface area contributed by atoms with Crippen LogP contribution in [0.2, 0.25) is 0 Å². The maximum Gasteiger partial charge on any atom is 0.407 e. The molecule has 0 aliphatic heterocycles. The summed E-state index contributed by atoms with van der Waals surface area (Å²) in [5.74, 6) is -1.89. The minimum atomic E-state index is -1.12. The molecule has 1 fully saturated rings. The van der Waals surface area contributed by atoms with Crippen LogP contribution in [0.4, 0.5) is 4.79 Å². The highest BCUT2D eigenvalue weighted by Crippen LogP contribution is 2.44. The van der Waals surface area contributed by atoms with Gasteiger partial charge in [0.25, 0.3) is 5.91 Å². The van der Waals surface area contributed by atoms with E-state index in [1.807, 2.05) is 43.3 Å². The van der Waals surface area contributed by atoms with Crippen LogP contribution in [0.5, 0.6) is 0 Å². The number of hydroxylamine groups is 1. The van der Waals surface area contributed by atoms with Crippen molar-refractivity contribution in [2.24, 2.45) is 5.92 Å². The van der Waals surface area contributed by atoms with Gasteiger partial charge in [0.2, 0.25) is 0 Å². The average molecular weight is 453 g/mol. The molecule has 4 rings (SSSR count). The first-order chi connectivity index (χ1) is 16.0. The Bertz CT molecular complexity index is 990. The number of amides is 2. The third-order valence-corrected chi connectivity index (χ3v) is 6.11. The Hall–Kier alpha value is -3.39. The van der Waals surface area contributed by atoms with E-state index in [1.165, 1.54) is 0 Å². The molecule has 2 aromatic rings. The summed E-state index contributed by atoms with van der Waals surface area (Å²) in [5, 5.41) is 11.8. The molecule has 1 saturated carbocycles. The average Bonchev–Trinajstić information content (AvgIpc) is 3.59. The van der Waals surface area contributed by atoms with Crippen molar-refractivity contribution in [1.82, 2.24) is 10.8 Å². The molecule has 2 atom stereocenters. The third-order valence-electron chi connectivity index (χ3n) is 6.11. The number of ether oxygens (including phenoxy) is 1. The van der Waals surface area contributed by atoms with Gasteiger partial charge < -0.3 is 15.2 Å². The van der Waals surface area contributed by atoms with E-state index in [2.05, 4.69) is 22.9 Å². The number of carbonyl (C=O) groups excluding carboxylic acids is 2. The van der Waals surface area contributed by atoms with Gasteiger partial charge >= 0.3 is 12.1 Å². The lowest BCUT2D eigenvalue weighted by molar-refractivity contribution is -0.163. The van der Waals surface area contributed by atoms with Crippen molar-refractivity contribution in [3.8, 4) is 11.1 Å². The Morgan fingerprint density at radius 2 is 1.64 bits per heavy atom. The van der Waals surface area contributed by atoms with Crippen molar-refractivity contribution >= 4 is 18.0 Å². The molecule has 33 heavy (non-hydrogen) atoms. The highest BCUT2D eigenvalue weighted by Gasteiger charge is 2.38. The van der Waals surface area contributed by atoms with E-state index in [-0.39, 0.29) is 18.4 Å². The number of nitrogens with one attached hydrogen (secondary N) is 2. The lowest BCUT2D eigenvalue weighted by Gasteiger charge is -2.20. The number of hydrogen-bond acceptors (Lipinski definition) is 5. The Morgan fingerprint density at radius 3 is 2.18 bits per heavy atom. The van der Waals surface area contributed by atoms with Gasteiger partial charge in [-0.1, -0.05) is 61.9 Å². The molecule has 0 radical (unpaired) electrons. The number of alkyl carbamates (subject to hydrolysis) is 1. The van der Waals surface area contributed by atoms with Gasteiger partial charge in [-0.05, 0) is 47.4 Å². The molecule has 0 spiro atoms. The quantitative estimate of drug-likeness (QED) is 0.475. The van der Waals surface area contributed by atoms with Crippen molar-refractivity contribution in [2.45, 2.75) is 50.7 Å². The molecule has 3 N–H and O–H groups in total. The molecule has 2 aliphatic rings. The molecule has 8 heteroatoms. The topological polar surface area (TPSA) is 114 Å². The normalized spacial score (nSPS) is 16.3. The van der Waals surface area contributed by atoms with Crippen LogP contribution in [-0.4, -0.2) is 41.8 Å². The van der Waals surface area contributed by atoms with Crippen LogP contribution in [-0.2, 0) is 19.2 Å². The van der Waals surface area contributed by atoms with Crippen molar-refractivity contribution < 1.29 is 29.1 Å². The Morgan fingerprint density at radius 1 is 1.03 bits per heavy atom. The molecule has 2 aliphatic carbocycles. The van der Waals surface area contributed by atoms with Crippen LogP contribution >= 0.6 is 0 Å². The van der Waals surface area contributed by atoms with Gasteiger partial charge in [0.05, 0.1) is 0 Å². The molecule has 1 unspecified atom stereocenters. The third kappa shape index (κ3) is 5.17. The lowest BCUT2D eigenvalue weighted by atomic mass is 9.98. The second-order valence-electron chi connectivity index (χ2n) is 8.49. The first-order valence-corrected chi connectivity index (χ1v) is 11.3. The zero-order valence-corrected chi connectivity index (χ0v) is 18.5. The maximum atomic E-state index is 12.5. The maximum absolute atomic E-state index is 12.5. The van der Waals surface area contributed by atoms with E-state index in [4.69, 9.17) is 9.57 Å². The monoisotopic (exact) mass is 452 g/mol. The minimum Gasteiger partial charge on any atom is -0.479 e. The first kappa shape index (κ1) is 22.8. The van der Waals surface area contributed by atoms with Crippen molar-refractivity contribution in [3.05, 3.63) is 59.7 Å². The summed E-state index contributed by atoms with van der Waals surface area (Å²) in [5.41, 5.74) is 6.67. The number of fused-ring (bicyclic) bond motifs is 3. The molecular formula is C25H28N2O6. The summed E-state index contributed by atoms with van der Waals surface area (Å²) in [4.78, 5) is 41.5. The fourth-order valence-corrected chi connectivity index (χ4v) is 4.28. The van der Waals surface area contributed by atoms with Crippen molar-refractivity contribution in [1.29, 1.82) is 0 Å². The summed E-state index contributed by atoms with van der Waals surface area (Å²) >= 11 is 0. The fourth-order valence-electron chi connectivity index (χ4n) is 4.28. The van der Waals surface area contributed by atoms with Crippen LogP contribution in [0.1, 0.15) is 49.7 Å². The van der Waals surface area contributed by atoms with Crippen LogP contribution in [0.15, 0.2) is 48.5 Å². The molecular weight excluding hydrogens is 424 g/mol. The molecule has 8 nitrogen and oxygen atoms in total. The van der Waals surface area contributed by atoms with E-state index in [0.717, 1.165) is 35.1 Å². The lowest BCUT2D eigenvalue weighted by Crippen LogP contribution is -2.48. The molecule has 0 saturated heterocycles. The van der Waals surface area contributed by atoms with E-state index in [0.29, 0.717) is 12.8 Å². The molecule has 174 valence electrons. The smallest absolute Gasteiger partial charge is 0.407 e. The fraction of sp³-hybridized carbons (Fsp3) is 0.400. The predicted octanol–water partition coefficient (Wildman–Crippen LogP) is 3.60. The zero-order valence-electron chi connectivity index (χ0n) is 18.5. The van der Waals surface area contributed by atoms with Gasteiger partial charge in [-0.2, -0.15) is 0 Å². The summed E-state index contributed by atoms with van der Waals surface area (Å²) < 4.78 is 5.51. The molecule has 0 aromatic heterocycles. The highest BCUT2D eigenvalue weighted by molar-refractivity contribution is 5.85.